The van der Waals surface area contributed by atoms with E-state index in [1.165, 1.54) is 0 Å². The molecule has 11 nitrogen and oxygen atoms in total. The van der Waals surface area contributed by atoms with E-state index in [2.05, 4.69) is 4.90 Å². The number of hydrogen-bond acceptors (Lipinski definition) is 8. The summed E-state index contributed by atoms with van der Waals surface area (Å²) in [4.78, 5) is 48.7. The molecular weight excluding hydrogens is 538 g/mol. The summed E-state index contributed by atoms with van der Waals surface area (Å²) in [5.41, 5.74) is 0.0177. The zero-order chi connectivity index (χ0) is 31.9. The number of hydrogen-bond donors (Lipinski definition) is 0. The number of carbonyl (C=O) groups is 3. The Kier molecular flexibility index (Phi) is 11.8. The maximum atomic E-state index is 13.2. The Bertz CT molecular complexity index is 996. The smallest absolute Gasteiger partial charge is 0.410 e. The van der Waals surface area contributed by atoms with Gasteiger partial charge in [-0.05, 0) is 86.6 Å². The molecule has 0 spiro atoms. The van der Waals surface area contributed by atoms with Gasteiger partial charge in [-0.3, -0.25) is 0 Å². The van der Waals surface area contributed by atoms with Crippen LogP contribution in [0.4, 0.5) is 25.8 Å². The summed E-state index contributed by atoms with van der Waals surface area (Å²) in [6.07, 6.45) is -1.39. The molecule has 1 aromatic carbocycles. The Morgan fingerprint density at radius 3 is 1.10 bits per heavy atom. The Morgan fingerprint density at radius 1 is 0.548 bits per heavy atom. The lowest BCUT2D eigenvalue weighted by Gasteiger charge is -2.36. The summed E-state index contributed by atoms with van der Waals surface area (Å²) in [5, 5.41) is 0. The van der Waals surface area contributed by atoms with E-state index in [1.807, 2.05) is 84.8 Å². The lowest BCUT2D eigenvalue weighted by molar-refractivity contribution is 0.00807. The van der Waals surface area contributed by atoms with Gasteiger partial charge in [0, 0.05) is 77.8 Å². The molecule has 2 rings (SSSR count). The maximum Gasteiger partial charge on any atom is 0.410 e. The predicted octanol–water partition coefficient (Wildman–Crippen LogP) is 5.28. The highest BCUT2D eigenvalue weighted by Crippen LogP contribution is 2.21. The molecular formula is C31H53N5O6. The molecule has 1 saturated heterocycles. The summed E-state index contributed by atoms with van der Waals surface area (Å²) in [7, 11) is 3.98. The fraction of sp³-hybridized carbons (Fsp3) is 0.710. The lowest BCUT2D eigenvalue weighted by Crippen LogP contribution is -2.51. The molecule has 0 saturated carbocycles. The number of ether oxygens (including phenoxy) is 3. The first kappa shape index (κ1) is 34.8. The van der Waals surface area contributed by atoms with Crippen LogP contribution < -0.4 is 9.80 Å². The lowest BCUT2D eigenvalue weighted by atomic mass is 10.2. The normalized spacial score (nSPS) is 16.3. The number of carbonyl (C=O) groups excluding carboxylic acids is 3. The molecule has 238 valence electrons. The number of benzene rings is 1. The van der Waals surface area contributed by atoms with Crippen LogP contribution in [0, 0.1) is 0 Å². The number of amides is 3. The molecule has 0 unspecified atom stereocenters. The quantitative estimate of drug-likeness (QED) is 0.429. The summed E-state index contributed by atoms with van der Waals surface area (Å²) < 4.78 is 17.1. The van der Waals surface area contributed by atoms with Crippen LogP contribution in [0.1, 0.15) is 62.3 Å². The van der Waals surface area contributed by atoms with Crippen LogP contribution in [0.25, 0.3) is 0 Å². The van der Waals surface area contributed by atoms with Crippen LogP contribution >= 0.6 is 0 Å². The van der Waals surface area contributed by atoms with Gasteiger partial charge in [-0.2, -0.15) is 0 Å². The van der Waals surface area contributed by atoms with Crippen molar-refractivity contribution in [2.24, 2.45) is 0 Å². The van der Waals surface area contributed by atoms with Crippen LogP contribution in [0.3, 0.4) is 0 Å². The van der Waals surface area contributed by atoms with Gasteiger partial charge in [0.15, 0.2) is 0 Å². The van der Waals surface area contributed by atoms with Gasteiger partial charge in [-0.15, -0.1) is 0 Å². The summed E-state index contributed by atoms with van der Waals surface area (Å²) >= 11 is 0. The van der Waals surface area contributed by atoms with Crippen molar-refractivity contribution in [1.29, 1.82) is 0 Å². The molecule has 1 aliphatic rings. The van der Waals surface area contributed by atoms with Crippen molar-refractivity contribution in [3.05, 3.63) is 24.3 Å². The third-order valence-corrected chi connectivity index (χ3v) is 6.25. The molecule has 1 fully saturated rings. The highest BCUT2D eigenvalue weighted by atomic mass is 16.6. The second kappa shape index (κ2) is 14.2. The number of anilines is 2. The van der Waals surface area contributed by atoms with Gasteiger partial charge in [0.2, 0.25) is 0 Å². The Balaban J connectivity index is 2.42. The zero-order valence-electron chi connectivity index (χ0n) is 27.7. The molecule has 1 aromatic rings. The monoisotopic (exact) mass is 591 g/mol. The van der Waals surface area contributed by atoms with E-state index >= 15 is 0 Å². The van der Waals surface area contributed by atoms with Crippen molar-refractivity contribution in [1.82, 2.24) is 14.7 Å². The van der Waals surface area contributed by atoms with Crippen molar-refractivity contribution in [3.63, 3.8) is 0 Å². The molecule has 11 heteroatoms. The van der Waals surface area contributed by atoms with Crippen LogP contribution in [0.2, 0.25) is 0 Å². The van der Waals surface area contributed by atoms with Gasteiger partial charge in [0.25, 0.3) is 0 Å². The Hall–Kier alpha value is -3.37. The van der Waals surface area contributed by atoms with E-state index in [4.69, 9.17) is 14.2 Å². The minimum absolute atomic E-state index is 0.216. The van der Waals surface area contributed by atoms with E-state index in [-0.39, 0.29) is 26.2 Å². The SMILES string of the molecule is CN(C)c1ccc(N2CCN(C(=O)OC(C)(C)C)CCN(C(=O)OC(C)(C)C)CCN(C(=O)OC(C)(C)C)CC2)cc1. The molecule has 0 bridgehead atoms. The van der Waals surface area contributed by atoms with Crippen LogP contribution in [0.5, 0.6) is 0 Å². The molecule has 0 radical (unpaired) electrons. The average Bonchev–Trinajstić information content (AvgIpc) is 2.81. The van der Waals surface area contributed by atoms with Crippen LogP contribution in [-0.4, -0.2) is 116 Å². The first-order valence-electron chi connectivity index (χ1n) is 14.7. The standard InChI is InChI=1S/C31H53N5O6/c1-29(2,3)40-26(37)34-18-16-33(25-14-12-24(13-15-25)32(10)11)17-19-35(27(38)41-30(4,5)6)21-23-36(22-20-34)28(39)42-31(7,8)9/h12-15H,16-23H2,1-11H3. The molecule has 42 heavy (non-hydrogen) atoms. The highest BCUT2D eigenvalue weighted by Gasteiger charge is 2.29. The van der Waals surface area contributed by atoms with Gasteiger partial charge in [-0.1, -0.05) is 0 Å². The van der Waals surface area contributed by atoms with Crippen molar-refractivity contribution in [3.8, 4) is 0 Å². The molecule has 0 N–H and O–H groups in total. The van der Waals surface area contributed by atoms with Crippen molar-refractivity contribution in [2.45, 2.75) is 79.1 Å². The third kappa shape index (κ3) is 12.2. The second-order valence-corrected chi connectivity index (χ2v) is 13.8. The van der Waals surface area contributed by atoms with Gasteiger partial charge < -0.3 is 38.7 Å². The van der Waals surface area contributed by atoms with E-state index in [9.17, 15) is 14.4 Å². The highest BCUT2D eigenvalue weighted by molar-refractivity contribution is 5.70. The van der Waals surface area contributed by atoms with Gasteiger partial charge in [-0.25, -0.2) is 14.4 Å². The van der Waals surface area contributed by atoms with Crippen molar-refractivity contribution >= 4 is 29.7 Å². The Labute approximate surface area is 252 Å². The third-order valence-electron chi connectivity index (χ3n) is 6.25. The van der Waals surface area contributed by atoms with E-state index in [0.29, 0.717) is 26.2 Å². The fourth-order valence-electron chi connectivity index (χ4n) is 4.16. The fourth-order valence-corrected chi connectivity index (χ4v) is 4.16. The predicted molar refractivity (Wildman–Crippen MR) is 166 cm³/mol. The first-order valence-corrected chi connectivity index (χ1v) is 14.7. The van der Waals surface area contributed by atoms with E-state index in [0.717, 1.165) is 11.4 Å². The number of rotatable bonds is 2. The average molecular weight is 592 g/mol. The van der Waals surface area contributed by atoms with Crippen LogP contribution in [-0.2, 0) is 14.2 Å². The van der Waals surface area contributed by atoms with Gasteiger partial charge in [0.05, 0.1) is 0 Å². The van der Waals surface area contributed by atoms with E-state index < -0.39 is 35.1 Å². The van der Waals surface area contributed by atoms with Crippen molar-refractivity contribution < 1.29 is 28.6 Å². The van der Waals surface area contributed by atoms with Gasteiger partial charge in [0.1, 0.15) is 16.8 Å². The summed E-state index contributed by atoms with van der Waals surface area (Å²) in [6.45, 7) is 19.0. The van der Waals surface area contributed by atoms with Crippen molar-refractivity contribution in [2.75, 3.05) is 76.3 Å². The zero-order valence-corrected chi connectivity index (χ0v) is 27.7. The first-order chi connectivity index (χ1) is 19.2. The Morgan fingerprint density at radius 2 is 0.833 bits per heavy atom. The van der Waals surface area contributed by atoms with E-state index in [1.54, 1.807) is 35.5 Å². The molecule has 1 heterocycles. The van der Waals surface area contributed by atoms with Crippen LogP contribution in [0.15, 0.2) is 24.3 Å². The number of nitrogens with zero attached hydrogens (tertiary/aromatic N) is 5. The van der Waals surface area contributed by atoms with Gasteiger partial charge >= 0.3 is 18.3 Å². The largest absolute Gasteiger partial charge is 0.444 e. The minimum Gasteiger partial charge on any atom is -0.444 e. The molecule has 0 aromatic heterocycles. The molecule has 1 aliphatic heterocycles. The maximum absolute atomic E-state index is 13.2. The minimum atomic E-state index is -0.695. The summed E-state index contributed by atoms with van der Waals surface area (Å²) in [5.74, 6) is 0. The molecule has 0 atom stereocenters. The molecule has 0 aliphatic carbocycles. The molecule has 3 amide bonds. The topological polar surface area (TPSA) is 95.1 Å². The summed E-state index contributed by atoms with van der Waals surface area (Å²) in [6, 6.07) is 8.17. The second-order valence-electron chi connectivity index (χ2n) is 13.8.